The molecule has 1 aromatic carbocycles. The van der Waals surface area contributed by atoms with E-state index in [1.807, 2.05) is 30.3 Å². The molecule has 134 valence electrons. The molecule has 1 N–H and O–H groups in total. The highest BCUT2D eigenvalue weighted by Gasteiger charge is 2.24. The molecule has 1 atom stereocenters. The molecule has 7 heteroatoms. The number of nitrogens with one attached hydrogen (secondary N) is 1. The number of rotatable bonds is 7. The van der Waals surface area contributed by atoms with Crippen molar-refractivity contribution in [2.75, 3.05) is 5.75 Å². The van der Waals surface area contributed by atoms with Crippen molar-refractivity contribution in [1.29, 1.82) is 0 Å². The Labute approximate surface area is 143 Å². The van der Waals surface area contributed by atoms with Gasteiger partial charge in [-0.05, 0) is 25.3 Å². The molecular weight excluding hydrogens is 330 g/mol. The first-order chi connectivity index (χ1) is 11.4. The Hall–Kier alpha value is -1.60. The van der Waals surface area contributed by atoms with Gasteiger partial charge in [-0.25, -0.2) is 4.79 Å². The Morgan fingerprint density at radius 1 is 1.21 bits per heavy atom. The predicted octanol–water partition coefficient (Wildman–Crippen LogP) is 2.98. The highest BCUT2D eigenvalue weighted by atomic mass is 32.2. The van der Waals surface area contributed by atoms with Crippen LogP contribution in [0.25, 0.3) is 0 Å². The van der Waals surface area contributed by atoms with Crippen molar-refractivity contribution in [1.82, 2.24) is 5.32 Å². The summed E-state index contributed by atoms with van der Waals surface area (Å²) >= 11 is 0. The van der Waals surface area contributed by atoms with Crippen LogP contribution >= 0.6 is 0 Å². The van der Waals surface area contributed by atoms with Crippen LogP contribution in [0.4, 0.5) is 4.79 Å². The summed E-state index contributed by atoms with van der Waals surface area (Å²) in [6, 6.07) is 8.70. The van der Waals surface area contributed by atoms with Gasteiger partial charge in [0.2, 0.25) is 0 Å². The Balaban J connectivity index is 1.72. The molecule has 1 fully saturated rings. The summed E-state index contributed by atoms with van der Waals surface area (Å²) in [4.78, 5) is 11.7. The minimum Gasteiger partial charge on any atom is -0.445 e. The molecule has 2 rings (SSSR count). The minimum atomic E-state index is -3.66. The van der Waals surface area contributed by atoms with Crippen LogP contribution in [0.1, 0.15) is 44.6 Å². The zero-order chi connectivity index (χ0) is 17.4. The lowest BCUT2D eigenvalue weighted by molar-refractivity contribution is 0.136. The number of benzene rings is 1. The van der Waals surface area contributed by atoms with Crippen molar-refractivity contribution in [3.63, 3.8) is 0 Å². The molecule has 0 heterocycles. The van der Waals surface area contributed by atoms with Gasteiger partial charge in [-0.1, -0.05) is 49.6 Å². The van der Waals surface area contributed by atoms with E-state index in [0.29, 0.717) is 0 Å². The standard InChI is InChI=1S/C17H25NO5S/c1-14(13-24(20,21)23-16-10-6-3-7-11-16)18-17(19)22-12-15-8-4-2-5-9-15/h2,4-5,8-9,14,16H,3,6-7,10-13H2,1H3,(H,18,19). The van der Waals surface area contributed by atoms with Gasteiger partial charge >= 0.3 is 6.09 Å². The topological polar surface area (TPSA) is 81.7 Å². The van der Waals surface area contributed by atoms with E-state index in [1.54, 1.807) is 6.92 Å². The summed E-state index contributed by atoms with van der Waals surface area (Å²) in [5, 5.41) is 2.52. The number of carbonyl (C=O) groups is 1. The lowest BCUT2D eigenvalue weighted by Crippen LogP contribution is -2.39. The van der Waals surface area contributed by atoms with Crippen LogP contribution in [0.15, 0.2) is 30.3 Å². The van der Waals surface area contributed by atoms with Crippen LogP contribution in [-0.2, 0) is 25.6 Å². The normalized spacial score (nSPS) is 17.2. The molecule has 0 aliphatic heterocycles. The lowest BCUT2D eigenvalue weighted by Gasteiger charge is -2.22. The first-order valence-electron chi connectivity index (χ1n) is 8.33. The van der Waals surface area contributed by atoms with E-state index in [1.165, 1.54) is 0 Å². The molecule has 1 saturated carbocycles. The van der Waals surface area contributed by atoms with E-state index in [2.05, 4.69) is 5.32 Å². The summed E-state index contributed by atoms with van der Waals surface area (Å²) in [6.45, 7) is 1.76. The molecule has 0 bridgehead atoms. The Morgan fingerprint density at radius 2 is 1.88 bits per heavy atom. The van der Waals surface area contributed by atoms with Gasteiger partial charge in [-0.2, -0.15) is 8.42 Å². The molecular formula is C17H25NO5S. The fraction of sp³-hybridized carbons (Fsp3) is 0.588. The maximum atomic E-state index is 12.1. The second kappa shape index (κ2) is 9.03. The fourth-order valence-electron chi connectivity index (χ4n) is 2.72. The van der Waals surface area contributed by atoms with E-state index in [9.17, 15) is 13.2 Å². The molecule has 1 amide bonds. The summed E-state index contributed by atoms with van der Waals surface area (Å²) in [7, 11) is -3.66. The fourth-order valence-corrected chi connectivity index (χ4v) is 4.10. The molecule has 1 unspecified atom stereocenters. The zero-order valence-corrected chi connectivity index (χ0v) is 14.8. The van der Waals surface area contributed by atoms with Crippen LogP contribution in [0.5, 0.6) is 0 Å². The first-order valence-corrected chi connectivity index (χ1v) is 9.90. The number of ether oxygens (including phenoxy) is 1. The highest BCUT2D eigenvalue weighted by Crippen LogP contribution is 2.22. The Morgan fingerprint density at radius 3 is 2.54 bits per heavy atom. The third kappa shape index (κ3) is 6.88. The Kier molecular flexibility index (Phi) is 7.05. The van der Waals surface area contributed by atoms with Crippen molar-refractivity contribution in [2.45, 2.75) is 57.8 Å². The van der Waals surface area contributed by atoms with Crippen molar-refractivity contribution in [2.24, 2.45) is 0 Å². The smallest absolute Gasteiger partial charge is 0.407 e. The maximum Gasteiger partial charge on any atom is 0.407 e. The van der Waals surface area contributed by atoms with Crippen molar-refractivity contribution >= 4 is 16.2 Å². The lowest BCUT2D eigenvalue weighted by atomic mass is 9.98. The summed E-state index contributed by atoms with van der Waals surface area (Å²) in [5.41, 5.74) is 0.869. The van der Waals surface area contributed by atoms with Crippen LogP contribution in [0.2, 0.25) is 0 Å². The van der Waals surface area contributed by atoms with Gasteiger partial charge < -0.3 is 10.1 Å². The van der Waals surface area contributed by atoms with E-state index in [4.69, 9.17) is 8.92 Å². The summed E-state index contributed by atoms with van der Waals surface area (Å²) in [6.07, 6.45) is 3.82. The third-order valence-corrected chi connectivity index (χ3v) is 5.34. The zero-order valence-electron chi connectivity index (χ0n) is 13.9. The SMILES string of the molecule is CC(CS(=O)(=O)OC1CCCCC1)NC(=O)OCc1ccccc1. The van der Waals surface area contributed by atoms with Gasteiger partial charge in [-0.3, -0.25) is 4.18 Å². The molecule has 1 aliphatic rings. The summed E-state index contributed by atoms with van der Waals surface area (Å²) in [5.74, 6) is -0.260. The van der Waals surface area contributed by atoms with Crippen molar-refractivity contribution in [3.05, 3.63) is 35.9 Å². The van der Waals surface area contributed by atoms with Crippen LogP contribution in [0.3, 0.4) is 0 Å². The van der Waals surface area contributed by atoms with Crippen molar-refractivity contribution in [3.8, 4) is 0 Å². The van der Waals surface area contributed by atoms with Gasteiger partial charge in [0.1, 0.15) is 6.61 Å². The molecule has 1 aromatic rings. The monoisotopic (exact) mass is 355 g/mol. The largest absolute Gasteiger partial charge is 0.445 e. The van der Waals surface area contributed by atoms with E-state index < -0.39 is 22.3 Å². The van der Waals surface area contributed by atoms with Gasteiger partial charge in [0, 0.05) is 6.04 Å². The minimum absolute atomic E-state index is 0.144. The molecule has 0 saturated heterocycles. The average Bonchev–Trinajstić information content (AvgIpc) is 2.53. The average molecular weight is 355 g/mol. The number of hydrogen-bond donors (Lipinski definition) is 1. The molecule has 0 spiro atoms. The van der Waals surface area contributed by atoms with Gasteiger partial charge in [0.05, 0.1) is 11.9 Å². The van der Waals surface area contributed by atoms with Gasteiger partial charge in [0.25, 0.3) is 10.1 Å². The molecule has 0 radical (unpaired) electrons. The number of hydrogen-bond acceptors (Lipinski definition) is 5. The molecule has 24 heavy (non-hydrogen) atoms. The predicted molar refractivity (Wildman–Crippen MR) is 91.0 cm³/mol. The van der Waals surface area contributed by atoms with Crippen molar-refractivity contribution < 1.29 is 22.1 Å². The summed E-state index contributed by atoms with van der Waals surface area (Å²) < 4.78 is 34.4. The Bertz CT molecular complexity index is 611. The third-order valence-electron chi connectivity index (χ3n) is 3.87. The maximum absolute atomic E-state index is 12.1. The molecule has 1 aliphatic carbocycles. The number of carbonyl (C=O) groups excluding carboxylic acids is 1. The first kappa shape index (κ1) is 18.7. The van der Waals surface area contributed by atoms with Crippen LogP contribution < -0.4 is 5.32 Å². The number of amides is 1. The quantitative estimate of drug-likeness (QED) is 0.761. The van der Waals surface area contributed by atoms with E-state index >= 15 is 0 Å². The molecule has 6 nitrogen and oxygen atoms in total. The second-order valence-corrected chi connectivity index (χ2v) is 7.83. The van der Waals surface area contributed by atoms with Crippen LogP contribution in [-0.4, -0.2) is 32.4 Å². The van der Waals surface area contributed by atoms with E-state index in [0.717, 1.165) is 37.7 Å². The van der Waals surface area contributed by atoms with Crippen LogP contribution in [0, 0.1) is 0 Å². The second-order valence-electron chi connectivity index (χ2n) is 6.19. The molecule has 0 aromatic heterocycles. The van der Waals surface area contributed by atoms with Gasteiger partial charge in [0.15, 0.2) is 0 Å². The number of alkyl carbamates (subject to hydrolysis) is 1. The highest BCUT2D eigenvalue weighted by molar-refractivity contribution is 7.86. The van der Waals surface area contributed by atoms with Gasteiger partial charge in [-0.15, -0.1) is 0 Å². The van der Waals surface area contributed by atoms with E-state index in [-0.39, 0.29) is 18.5 Å².